The minimum atomic E-state index is -0.369. The third-order valence-corrected chi connectivity index (χ3v) is 3.86. The van der Waals surface area contributed by atoms with Crippen molar-refractivity contribution in [2.24, 2.45) is 11.7 Å². The van der Waals surface area contributed by atoms with Gasteiger partial charge in [-0.05, 0) is 45.6 Å². The molecule has 0 bridgehead atoms. The van der Waals surface area contributed by atoms with E-state index in [1.807, 2.05) is 25.8 Å². The summed E-state index contributed by atoms with van der Waals surface area (Å²) in [6, 6.07) is 1.29. The number of carbonyl (C=O) groups excluding carboxylic acids is 1. The van der Waals surface area contributed by atoms with Gasteiger partial charge in [-0.2, -0.15) is 5.06 Å². The largest absolute Gasteiger partial charge is 0.324 e. The predicted molar refractivity (Wildman–Crippen MR) is 105 cm³/mol. The van der Waals surface area contributed by atoms with Crippen LogP contribution in [-0.4, -0.2) is 39.0 Å². The standard InChI is InChI=1S/C20H36N4O2/c1-7-8-9-12-24(26-20(4,5)6)17(13-15(2)3)19(25)16-10-11-22-18(14-21)23-16/h10-11,15,17H,7-9,12-14,21H2,1-6H3. The maximum atomic E-state index is 13.3. The molecule has 0 fully saturated rings. The summed E-state index contributed by atoms with van der Waals surface area (Å²) in [4.78, 5) is 27.9. The van der Waals surface area contributed by atoms with E-state index in [9.17, 15) is 4.79 Å². The molecule has 0 aliphatic heterocycles. The highest BCUT2D eigenvalue weighted by atomic mass is 16.7. The smallest absolute Gasteiger partial charge is 0.200 e. The lowest BCUT2D eigenvalue weighted by Gasteiger charge is -2.36. The molecule has 0 aliphatic carbocycles. The summed E-state index contributed by atoms with van der Waals surface area (Å²) in [6.45, 7) is 13.4. The Morgan fingerprint density at radius 2 is 2.00 bits per heavy atom. The van der Waals surface area contributed by atoms with Crippen LogP contribution in [0.5, 0.6) is 0 Å². The predicted octanol–water partition coefficient (Wildman–Crippen LogP) is 3.76. The summed E-state index contributed by atoms with van der Waals surface area (Å²) in [5.74, 6) is 0.807. The van der Waals surface area contributed by atoms with Gasteiger partial charge in [0.25, 0.3) is 0 Å². The average Bonchev–Trinajstić information content (AvgIpc) is 2.57. The first-order valence-corrected chi connectivity index (χ1v) is 9.70. The SMILES string of the molecule is CCCCCN(OC(C)(C)C)C(CC(C)C)C(=O)c1ccnc(CN)n1. The summed E-state index contributed by atoms with van der Waals surface area (Å²) in [5.41, 5.74) is 5.67. The van der Waals surface area contributed by atoms with E-state index in [4.69, 9.17) is 10.6 Å². The molecule has 6 nitrogen and oxygen atoms in total. The van der Waals surface area contributed by atoms with Crippen LogP contribution in [0, 0.1) is 5.92 Å². The van der Waals surface area contributed by atoms with E-state index in [-0.39, 0.29) is 24.0 Å². The molecule has 148 valence electrons. The molecule has 0 radical (unpaired) electrons. The fraction of sp³-hybridized carbons (Fsp3) is 0.750. The number of Topliss-reactive ketones (excluding diaryl/α,β-unsaturated/α-hetero) is 1. The molecular formula is C20H36N4O2. The molecule has 0 aliphatic rings. The monoisotopic (exact) mass is 364 g/mol. The first kappa shape index (κ1) is 22.7. The highest BCUT2D eigenvalue weighted by molar-refractivity contribution is 5.98. The number of nitrogens with two attached hydrogens (primary N) is 1. The summed E-state index contributed by atoms with van der Waals surface area (Å²) in [5, 5.41) is 1.88. The number of ketones is 1. The van der Waals surface area contributed by atoms with E-state index >= 15 is 0 Å². The normalized spacial score (nSPS) is 13.4. The van der Waals surface area contributed by atoms with Crippen LogP contribution in [0.4, 0.5) is 0 Å². The van der Waals surface area contributed by atoms with Crippen LogP contribution >= 0.6 is 0 Å². The first-order valence-electron chi connectivity index (χ1n) is 9.70. The van der Waals surface area contributed by atoms with E-state index in [1.54, 1.807) is 12.3 Å². The molecule has 1 aromatic heterocycles. The van der Waals surface area contributed by atoms with Gasteiger partial charge in [-0.25, -0.2) is 9.97 Å². The molecule has 0 spiro atoms. The highest BCUT2D eigenvalue weighted by Crippen LogP contribution is 2.21. The third-order valence-electron chi connectivity index (χ3n) is 3.86. The molecule has 1 unspecified atom stereocenters. The highest BCUT2D eigenvalue weighted by Gasteiger charge is 2.32. The molecule has 1 aromatic rings. The Morgan fingerprint density at radius 1 is 1.31 bits per heavy atom. The number of nitrogens with zero attached hydrogens (tertiary/aromatic N) is 3. The van der Waals surface area contributed by atoms with E-state index in [1.165, 1.54) is 0 Å². The Bertz CT molecular complexity index is 555. The molecule has 6 heteroatoms. The van der Waals surface area contributed by atoms with Crippen LogP contribution in [0.1, 0.15) is 83.5 Å². The Hall–Kier alpha value is -1.37. The minimum Gasteiger partial charge on any atom is -0.324 e. The molecule has 0 aromatic carbocycles. The number of aromatic nitrogens is 2. The fourth-order valence-electron chi connectivity index (χ4n) is 2.74. The molecule has 1 heterocycles. The molecule has 1 atom stereocenters. The van der Waals surface area contributed by atoms with Gasteiger partial charge in [0, 0.05) is 12.7 Å². The van der Waals surface area contributed by atoms with Crippen LogP contribution in [0.25, 0.3) is 0 Å². The van der Waals surface area contributed by atoms with Gasteiger partial charge in [-0.1, -0.05) is 33.6 Å². The molecule has 0 amide bonds. The van der Waals surface area contributed by atoms with Crippen LogP contribution < -0.4 is 5.73 Å². The van der Waals surface area contributed by atoms with E-state index in [0.29, 0.717) is 23.9 Å². The second kappa shape index (κ2) is 10.7. The Kier molecular flexibility index (Phi) is 9.33. The number of unbranched alkanes of at least 4 members (excludes halogenated alkanes) is 2. The number of hydrogen-bond donors (Lipinski definition) is 1. The molecule has 26 heavy (non-hydrogen) atoms. The van der Waals surface area contributed by atoms with Crippen LogP contribution in [-0.2, 0) is 11.4 Å². The van der Waals surface area contributed by atoms with Gasteiger partial charge in [0.15, 0.2) is 0 Å². The van der Waals surface area contributed by atoms with E-state index in [0.717, 1.165) is 25.8 Å². The zero-order valence-corrected chi connectivity index (χ0v) is 17.3. The summed E-state index contributed by atoms with van der Waals surface area (Å²) in [7, 11) is 0. The summed E-state index contributed by atoms with van der Waals surface area (Å²) >= 11 is 0. The number of hydrogen-bond acceptors (Lipinski definition) is 6. The van der Waals surface area contributed by atoms with Crippen molar-refractivity contribution in [3.05, 3.63) is 23.8 Å². The van der Waals surface area contributed by atoms with Gasteiger partial charge in [-0.15, -0.1) is 0 Å². The second-order valence-corrected chi connectivity index (χ2v) is 8.12. The first-order chi connectivity index (χ1) is 12.2. The van der Waals surface area contributed by atoms with Gasteiger partial charge < -0.3 is 5.73 Å². The lowest BCUT2D eigenvalue weighted by atomic mass is 9.97. The Balaban J connectivity index is 3.12. The van der Waals surface area contributed by atoms with Crippen molar-refractivity contribution in [1.29, 1.82) is 0 Å². The molecule has 1 rings (SSSR count). The third kappa shape index (κ3) is 7.89. The van der Waals surface area contributed by atoms with Crippen molar-refractivity contribution in [1.82, 2.24) is 15.0 Å². The Labute approximate surface area is 158 Å². The van der Waals surface area contributed by atoms with Crippen molar-refractivity contribution < 1.29 is 9.63 Å². The topological polar surface area (TPSA) is 81.3 Å². The summed E-state index contributed by atoms with van der Waals surface area (Å²) < 4.78 is 0. The van der Waals surface area contributed by atoms with Crippen LogP contribution in [0.15, 0.2) is 12.3 Å². The van der Waals surface area contributed by atoms with Crippen molar-refractivity contribution in [2.45, 2.75) is 85.4 Å². The van der Waals surface area contributed by atoms with Crippen molar-refractivity contribution in [3.63, 3.8) is 0 Å². The zero-order chi connectivity index (χ0) is 19.7. The Morgan fingerprint density at radius 3 is 2.54 bits per heavy atom. The van der Waals surface area contributed by atoms with Crippen molar-refractivity contribution in [3.8, 4) is 0 Å². The van der Waals surface area contributed by atoms with E-state index in [2.05, 4.69) is 30.7 Å². The minimum absolute atomic E-state index is 0.0310. The van der Waals surface area contributed by atoms with Crippen LogP contribution in [0.2, 0.25) is 0 Å². The van der Waals surface area contributed by atoms with Crippen molar-refractivity contribution in [2.75, 3.05) is 6.54 Å². The molecule has 2 N–H and O–H groups in total. The second-order valence-electron chi connectivity index (χ2n) is 8.12. The lowest BCUT2D eigenvalue weighted by molar-refractivity contribution is -0.243. The van der Waals surface area contributed by atoms with Gasteiger partial charge in [-0.3, -0.25) is 9.63 Å². The zero-order valence-electron chi connectivity index (χ0n) is 17.3. The number of hydroxylamine groups is 2. The van der Waals surface area contributed by atoms with E-state index < -0.39 is 0 Å². The fourth-order valence-corrected chi connectivity index (χ4v) is 2.74. The molecular weight excluding hydrogens is 328 g/mol. The average molecular weight is 365 g/mol. The van der Waals surface area contributed by atoms with Crippen molar-refractivity contribution >= 4 is 5.78 Å². The number of rotatable bonds is 11. The number of carbonyl (C=O) groups is 1. The molecule has 0 saturated heterocycles. The van der Waals surface area contributed by atoms with Gasteiger partial charge >= 0.3 is 0 Å². The van der Waals surface area contributed by atoms with Crippen LogP contribution in [0.3, 0.4) is 0 Å². The van der Waals surface area contributed by atoms with Gasteiger partial charge in [0.2, 0.25) is 5.78 Å². The summed E-state index contributed by atoms with van der Waals surface area (Å²) in [6.07, 6.45) is 5.53. The maximum Gasteiger partial charge on any atom is 0.200 e. The molecule has 0 saturated carbocycles. The maximum absolute atomic E-state index is 13.3. The van der Waals surface area contributed by atoms with Gasteiger partial charge in [0.1, 0.15) is 17.6 Å². The lowest BCUT2D eigenvalue weighted by Crippen LogP contribution is -2.46. The quantitative estimate of drug-likeness (QED) is 0.366. The van der Waals surface area contributed by atoms with Gasteiger partial charge in [0.05, 0.1) is 12.1 Å².